The number of nitrogens with two attached hydrogens (primary N) is 1. The quantitative estimate of drug-likeness (QED) is 0.0122. The van der Waals surface area contributed by atoms with Crippen LogP contribution in [0.15, 0.2) is 48.6 Å². The molecule has 0 aromatic rings. The van der Waals surface area contributed by atoms with Gasteiger partial charge >= 0.3 is 25.7 Å². The zero-order valence-electron chi connectivity index (χ0n) is 34.4. The van der Waals surface area contributed by atoms with Crippen LogP contribution < -0.4 is 5.73 Å². The van der Waals surface area contributed by atoms with Crippen molar-refractivity contribution in [3.05, 3.63) is 48.6 Å². The molecule has 330 valence electrons. The Morgan fingerprint density at radius 3 is 2.18 bits per heavy atom. The first-order valence-corrected chi connectivity index (χ1v) is 22.9. The predicted molar refractivity (Wildman–Crippen MR) is 224 cm³/mol. The number of phosphoric ester groups is 1. The van der Waals surface area contributed by atoms with Crippen molar-refractivity contribution >= 4 is 37.5 Å². The van der Waals surface area contributed by atoms with Crippen LogP contribution in [-0.4, -0.2) is 105 Å². The summed E-state index contributed by atoms with van der Waals surface area (Å²) >= 11 is 1.16. The van der Waals surface area contributed by atoms with Crippen LogP contribution in [0.4, 0.5) is 0 Å². The van der Waals surface area contributed by atoms with E-state index in [2.05, 4.69) is 37.4 Å². The average Bonchev–Trinajstić information content (AvgIpc) is 3.16. The topological polar surface area (TPSA) is 232 Å². The fourth-order valence-electron chi connectivity index (χ4n) is 5.07. The number of ether oxygens (including phenoxy) is 2. The second-order valence-electron chi connectivity index (χ2n) is 14.4. The zero-order chi connectivity index (χ0) is 42.7. The maximum absolute atomic E-state index is 13.1. The van der Waals surface area contributed by atoms with Crippen LogP contribution in [0.5, 0.6) is 0 Å². The molecule has 14 nitrogen and oxygen atoms in total. The number of carbonyl (C=O) groups is 3. The van der Waals surface area contributed by atoms with Crippen molar-refractivity contribution in [2.45, 2.75) is 153 Å². The minimum absolute atomic E-state index is 0.0243. The molecule has 0 aliphatic carbocycles. The molecule has 0 spiro atoms. The van der Waals surface area contributed by atoms with Gasteiger partial charge < -0.3 is 40.5 Å². The number of hydrogen-bond donors (Lipinski definition) is 6. The van der Waals surface area contributed by atoms with Crippen molar-refractivity contribution in [1.82, 2.24) is 0 Å². The molecule has 0 aliphatic rings. The first-order valence-electron chi connectivity index (χ1n) is 20.4. The Morgan fingerprint density at radius 1 is 0.807 bits per heavy atom. The van der Waals surface area contributed by atoms with Crippen LogP contribution in [0.2, 0.25) is 0 Å². The number of aliphatic carboxylic acids is 1. The number of carboxylic acid groups (broad SMARTS) is 1. The van der Waals surface area contributed by atoms with E-state index in [9.17, 15) is 34.1 Å². The van der Waals surface area contributed by atoms with Crippen LogP contribution in [0.3, 0.4) is 0 Å². The van der Waals surface area contributed by atoms with Gasteiger partial charge in [-0.15, -0.1) is 11.8 Å². The molecule has 0 radical (unpaired) electrons. The summed E-state index contributed by atoms with van der Waals surface area (Å²) in [6.45, 7) is 3.93. The molecular formula is C41H72NO13PS. The highest BCUT2D eigenvalue weighted by Crippen LogP contribution is 2.43. The van der Waals surface area contributed by atoms with Gasteiger partial charge in [-0.05, 0) is 44.4 Å². The van der Waals surface area contributed by atoms with E-state index < -0.39 is 81.8 Å². The van der Waals surface area contributed by atoms with Crippen molar-refractivity contribution < 1.29 is 62.8 Å². The van der Waals surface area contributed by atoms with Gasteiger partial charge in [0, 0.05) is 23.8 Å². The summed E-state index contributed by atoms with van der Waals surface area (Å²) in [5, 5.41) is 37.7. The van der Waals surface area contributed by atoms with E-state index in [4.69, 9.17) is 29.9 Å². The molecule has 0 rings (SSSR count). The van der Waals surface area contributed by atoms with Gasteiger partial charge in [0.15, 0.2) is 6.10 Å². The number of unbranched alkanes of at least 4 members (excludes halogenated alkanes) is 8. The molecule has 0 aliphatic heterocycles. The number of aliphatic hydroxyl groups is 3. The summed E-state index contributed by atoms with van der Waals surface area (Å²) in [6.07, 6.45) is 24.6. The Bertz CT molecular complexity index is 1230. The molecule has 0 saturated carbocycles. The fourth-order valence-corrected chi connectivity index (χ4v) is 6.99. The molecule has 0 aromatic heterocycles. The maximum atomic E-state index is 13.1. The molecule has 0 saturated heterocycles. The lowest BCUT2D eigenvalue weighted by Crippen LogP contribution is -2.40. The first-order chi connectivity index (χ1) is 27.2. The molecule has 0 heterocycles. The minimum atomic E-state index is -4.77. The summed E-state index contributed by atoms with van der Waals surface area (Å²) in [4.78, 5) is 46.6. The van der Waals surface area contributed by atoms with Gasteiger partial charge in [0.2, 0.25) is 0 Å². The van der Waals surface area contributed by atoms with Crippen LogP contribution >= 0.6 is 19.6 Å². The Labute approximate surface area is 345 Å². The van der Waals surface area contributed by atoms with Gasteiger partial charge in [0.25, 0.3) is 0 Å². The summed E-state index contributed by atoms with van der Waals surface area (Å²) in [6, 6.07) is -1.23. The van der Waals surface area contributed by atoms with Gasteiger partial charge in [-0.25, -0.2) is 4.57 Å². The molecule has 16 heteroatoms. The van der Waals surface area contributed by atoms with Gasteiger partial charge in [0.1, 0.15) is 18.8 Å². The lowest BCUT2D eigenvalue weighted by molar-refractivity contribution is -0.161. The van der Waals surface area contributed by atoms with E-state index in [0.717, 1.165) is 50.3 Å². The molecule has 7 N–H and O–H groups in total. The summed E-state index contributed by atoms with van der Waals surface area (Å²) in [5.74, 6) is -1.79. The fraction of sp³-hybridized carbons (Fsp3) is 0.732. The minimum Gasteiger partial charge on any atom is -0.481 e. The average molecular weight is 850 g/mol. The van der Waals surface area contributed by atoms with Crippen LogP contribution in [-0.2, 0) is 37.5 Å². The van der Waals surface area contributed by atoms with Crippen molar-refractivity contribution in [3.63, 3.8) is 0 Å². The summed E-state index contributed by atoms with van der Waals surface area (Å²) in [7, 11) is -4.77. The summed E-state index contributed by atoms with van der Waals surface area (Å²) < 4.78 is 32.7. The van der Waals surface area contributed by atoms with Gasteiger partial charge in [-0.3, -0.25) is 23.4 Å². The highest BCUT2D eigenvalue weighted by Gasteiger charge is 2.29. The lowest BCUT2D eigenvalue weighted by atomic mass is 10.0. The number of hydrogen-bond acceptors (Lipinski definition) is 13. The van der Waals surface area contributed by atoms with E-state index in [1.807, 2.05) is 18.2 Å². The third-order valence-electron chi connectivity index (χ3n) is 8.41. The number of phosphoric acid groups is 1. The third-order valence-corrected chi connectivity index (χ3v) is 10.8. The molecule has 1 unspecified atom stereocenters. The SMILES string of the molecule is CCCCC/C=C\C\C=C/C=C/C=C/[C@@H](SC[C@H](N)C(=O)O[C@H](COC(=O)CCCCCCCCC(C)C)COP(=O)(O)OC[C@@H](O)CO)[C@@H](O)CCCC(=O)O. The second-order valence-corrected chi connectivity index (χ2v) is 17.0. The highest BCUT2D eigenvalue weighted by atomic mass is 32.2. The number of allylic oxidation sites excluding steroid dienone is 7. The Hall–Kier alpha value is -2.33. The van der Waals surface area contributed by atoms with Crippen LogP contribution in [0.1, 0.15) is 124 Å². The normalized spacial score (nSPS) is 16.0. The van der Waals surface area contributed by atoms with Gasteiger partial charge in [-0.2, -0.15) is 0 Å². The molecule has 0 fully saturated rings. The van der Waals surface area contributed by atoms with Crippen molar-refractivity contribution in [3.8, 4) is 0 Å². The van der Waals surface area contributed by atoms with Crippen LogP contribution in [0.25, 0.3) is 0 Å². The van der Waals surface area contributed by atoms with Crippen molar-refractivity contribution in [2.75, 3.05) is 32.2 Å². The van der Waals surface area contributed by atoms with E-state index in [-0.39, 0.29) is 31.4 Å². The largest absolute Gasteiger partial charge is 0.481 e. The maximum Gasteiger partial charge on any atom is 0.472 e. The third kappa shape index (κ3) is 34.3. The number of carboxylic acids is 1. The monoisotopic (exact) mass is 849 g/mol. The number of esters is 2. The lowest BCUT2D eigenvalue weighted by Gasteiger charge is -2.23. The standard InChI is InChI=1S/C41H72NO13PS/c1-4-5-6-7-8-9-10-11-12-13-17-20-25-38(37(45)24-22-26-39(46)47)57-32-36(42)41(49)55-35(31-54-56(50,51)53-29-34(44)28-43)30-52-40(48)27-21-18-15-14-16-19-23-33(2)3/h8-9,11-13,17,20,25,33-38,43-45H,4-7,10,14-16,18-19,21-24,26-32,42H2,1-3H3,(H,46,47)(H,50,51)/b9-8-,12-11-,17-13+,25-20+/t34-,35+,36-,37-,38+/m0/s1. The Balaban J connectivity index is 5.38. The van der Waals surface area contributed by atoms with E-state index in [1.54, 1.807) is 18.2 Å². The van der Waals surface area contributed by atoms with Gasteiger partial charge in [0.05, 0.1) is 25.9 Å². The first kappa shape index (κ1) is 54.7. The molecule has 0 amide bonds. The molecule has 0 aromatic carbocycles. The summed E-state index contributed by atoms with van der Waals surface area (Å²) in [5.41, 5.74) is 6.16. The molecule has 57 heavy (non-hydrogen) atoms. The Morgan fingerprint density at radius 2 is 1.49 bits per heavy atom. The number of aliphatic hydroxyl groups excluding tert-OH is 3. The highest BCUT2D eigenvalue weighted by molar-refractivity contribution is 8.00. The van der Waals surface area contributed by atoms with E-state index in [0.29, 0.717) is 12.3 Å². The smallest absolute Gasteiger partial charge is 0.472 e. The van der Waals surface area contributed by atoms with Crippen LogP contribution in [0, 0.1) is 5.92 Å². The second kappa shape index (κ2) is 35.6. The van der Waals surface area contributed by atoms with Crippen molar-refractivity contribution in [1.29, 1.82) is 0 Å². The Kier molecular flexibility index (Phi) is 34.1. The van der Waals surface area contributed by atoms with Crippen molar-refractivity contribution in [2.24, 2.45) is 11.7 Å². The number of carbonyl (C=O) groups excluding carboxylic acids is 2. The molecule has 6 atom stereocenters. The number of thioether (sulfide) groups is 1. The zero-order valence-corrected chi connectivity index (χ0v) is 36.1. The predicted octanol–water partition coefficient (Wildman–Crippen LogP) is 6.95. The number of rotatable bonds is 37. The van der Waals surface area contributed by atoms with E-state index in [1.165, 1.54) is 32.1 Å². The van der Waals surface area contributed by atoms with E-state index >= 15 is 0 Å². The molecule has 0 bridgehead atoms. The van der Waals surface area contributed by atoms with Gasteiger partial charge in [-0.1, -0.05) is 121 Å². The molecular weight excluding hydrogens is 777 g/mol.